The van der Waals surface area contributed by atoms with Gasteiger partial charge in [-0.2, -0.15) is 0 Å². The summed E-state index contributed by atoms with van der Waals surface area (Å²) in [6, 6.07) is 0. The van der Waals surface area contributed by atoms with E-state index in [2.05, 4.69) is 9.97 Å². The number of piperidine rings is 1. The van der Waals surface area contributed by atoms with Crippen molar-refractivity contribution in [3.63, 3.8) is 0 Å². The van der Waals surface area contributed by atoms with Crippen molar-refractivity contribution in [1.29, 1.82) is 0 Å². The molecule has 0 unspecified atom stereocenters. The zero-order chi connectivity index (χ0) is 10.9. The van der Waals surface area contributed by atoms with Crippen molar-refractivity contribution in [2.45, 2.75) is 18.8 Å². The maximum atomic E-state index is 13.1. The fourth-order valence-electron chi connectivity index (χ4n) is 1.67. The number of rotatable bonds is 1. The van der Waals surface area contributed by atoms with Crippen LogP contribution in [0.15, 0.2) is 12.4 Å². The van der Waals surface area contributed by atoms with Gasteiger partial charge in [-0.3, -0.25) is 0 Å². The summed E-state index contributed by atoms with van der Waals surface area (Å²) in [4.78, 5) is 9.27. The summed E-state index contributed by atoms with van der Waals surface area (Å²) in [5.41, 5.74) is 0. The van der Waals surface area contributed by atoms with Gasteiger partial charge in [0.15, 0.2) is 11.0 Å². The van der Waals surface area contributed by atoms with E-state index in [1.54, 1.807) is 0 Å². The summed E-state index contributed by atoms with van der Waals surface area (Å²) in [6.07, 6.45) is 3.27. The number of hydrogen-bond acceptors (Lipinski definition) is 3. The van der Waals surface area contributed by atoms with Crippen molar-refractivity contribution in [2.75, 3.05) is 18.0 Å². The van der Waals surface area contributed by atoms with E-state index >= 15 is 0 Å². The molecule has 15 heavy (non-hydrogen) atoms. The van der Waals surface area contributed by atoms with Crippen LogP contribution >= 0.6 is 11.6 Å². The highest BCUT2D eigenvalue weighted by Crippen LogP contribution is 2.31. The molecule has 1 aromatic heterocycles. The third-order valence-corrected chi connectivity index (χ3v) is 2.59. The van der Waals surface area contributed by atoms with Crippen LogP contribution in [0.25, 0.3) is 0 Å². The summed E-state index contributed by atoms with van der Waals surface area (Å²) >= 11 is 5.79. The van der Waals surface area contributed by atoms with Crippen LogP contribution in [0.3, 0.4) is 0 Å². The number of anilines is 1. The molecule has 0 saturated carbocycles. The molecule has 0 bridgehead atoms. The molecule has 1 aromatic rings. The summed E-state index contributed by atoms with van der Waals surface area (Å²) in [6.45, 7) is 0.222. The van der Waals surface area contributed by atoms with Gasteiger partial charge in [0.2, 0.25) is 0 Å². The topological polar surface area (TPSA) is 29.0 Å². The van der Waals surface area contributed by atoms with Gasteiger partial charge in [-0.05, 0) is 6.42 Å². The Balaban J connectivity index is 2.21. The fourth-order valence-corrected chi connectivity index (χ4v) is 1.90. The van der Waals surface area contributed by atoms with Gasteiger partial charge in [-0.1, -0.05) is 11.6 Å². The van der Waals surface area contributed by atoms with Crippen LogP contribution in [0.1, 0.15) is 12.8 Å². The summed E-state index contributed by atoms with van der Waals surface area (Å²) in [5, 5.41) is 0.176. The minimum Gasteiger partial charge on any atom is -0.348 e. The Hall–Kier alpha value is -0.970. The summed E-state index contributed by atoms with van der Waals surface area (Å²) in [7, 11) is 0. The summed E-state index contributed by atoms with van der Waals surface area (Å²) in [5.74, 6) is -2.31. The first kappa shape index (κ1) is 10.5. The van der Waals surface area contributed by atoms with Crippen molar-refractivity contribution in [1.82, 2.24) is 9.97 Å². The van der Waals surface area contributed by atoms with Crippen molar-refractivity contribution >= 4 is 17.4 Å². The molecule has 2 rings (SSSR count). The van der Waals surface area contributed by atoms with Crippen LogP contribution in [0.2, 0.25) is 5.15 Å². The molecule has 3 nitrogen and oxygen atoms in total. The van der Waals surface area contributed by atoms with E-state index in [4.69, 9.17) is 11.6 Å². The monoisotopic (exact) mass is 233 g/mol. The number of halogens is 3. The zero-order valence-corrected chi connectivity index (χ0v) is 8.71. The molecule has 0 radical (unpaired) electrons. The molecular weight excluding hydrogens is 224 g/mol. The van der Waals surface area contributed by atoms with Crippen molar-refractivity contribution in [2.24, 2.45) is 0 Å². The van der Waals surface area contributed by atoms with Crippen molar-refractivity contribution < 1.29 is 8.78 Å². The Bertz CT molecular complexity index is 359. The van der Waals surface area contributed by atoms with Gasteiger partial charge in [0.1, 0.15) is 0 Å². The Morgan fingerprint density at radius 3 is 2.73 bits per heavy atom. The number of nitrogens with zero attached hydrogens (tertiary/aromatic N) is 3. The fraction of sp³-hybridized carbons (Fsp3) is 0.556. The van der Waals surface area contributed by atoms with Gasteiger partial charge in [-0.25, -0.2) is 18.7 Å². The van der Waals surface area contributed by atoms with E-state index in [0.29, 0.717) is 18.8 Å². The highest BCUT2D eigenvalue weighted by atomic mass is 35.5. The number of aromatic nitrogens is 2. The Morgan fingerprint density at radius 1 is 1.33 bits per heavy atom. The molecule has 6 heteroatoms. The second kappa shape index (κ2) is 3.89. The zero-order valence-electron chi connectivity index (χ0n) is 7.96. The maximum Gasteiger partial charge on any atom is 0.265 e. The van der Waals surface area contributed by atoms with E-state index in [9.17, 15) is 8.78 Å². The molecule has 2 heterocycles. The van der Waals surface area contributed by atoms with Crippen molar-refractivity contribution in [3.05, 3.63) is 17.5 Å². The standard InChI is InChI=1S/C9H10ClF2N3/c10-7-8(14-4-3-13-7)15-5-1-2-9(11,12)6-15/h3-4H,1-2,5-6H2. The lowest BCUT2D eigenvalue weighted by Crippen LogP contribution is -2.43. The average molecular weight is 234 g/mol. The normalized spacial score (nSPS) is 20.3. The van der Waals surface area contributed by atoms with Crippen molar-refractivity contribution in [3.8, 4) is 0 Å². The van der Waals surface area contributed by atoms with Crippen LogP contribution in [0.4, 0.5) is 14.6 Å². The highest BCUT2D eigenvalue weighted by molar-refractivity contribution is 6.31. The van der Waals surface area contributed by atoms with E-state index in [-0.39, 0.29) is 18.1 Å². The lowest BCUT2D eigenvalue weighted by Gasteiger charge is -2.33. The molecule has 0 spiro atoms. The van der Waals surface area contributed by atoms with Crippen LogP contribution in [0, 0.1) is 0 Å². The Kier molecular flexibility index (Phi) is 2.73. The lowest BCUT2D eigenvalue weighted by molar-refractivity contribution is -0.0118. The smallest absolute Gasteiger partial charge is 0.265 e. The Morgan fingerprint density at radius 2 is 2.07 bits per heavy atom. The molecule has 0 aliphatic carbocycles. The molecule has 1 fully saturated rings. The number of hydrogen-bond donors (Lipinski definition) is 0. The minimum absolute atomic E-state index is 0.0681. The first-order chi connectivity index (χ1) is 7.08. The largest absolute Gasteiger partial charge is 0.348 e. The van der Waals surface area contributed by atoms with Crippen LogP contribution in [-0.4, -0.2) is 29.0 Å². The third kappa shape index (κ3) is 2.34. The lowest BCUT2D eigenvalue weighted by atomic mass is 10.1. The molecule has 0 aromatic carbocycles. The molecule has 1 aliphatic heterocycles. The van der Waals surface area contributed by atoms with E-state index in [0.717, 1.165) is 0 Å². The molecule has 82 valence electrons. The van der Waals surface area contributed by atoms with Gasteiger partial charge in [0, 0.05) is 25.4 Å². The first-order valence-corrected chi connectivity index (χ1v) is 5.06. The SMILES string of the molecule is FC1(F)CCCN(c2nccnc2Cl)C1. The van der Waals surface area contributed by atoms with Crippen LogP contribution < -0.4 is 4.90 Å². The molecule has 1 saturated heterocycles. The molecule has 0 N–H and O–H groups in total. The van der Waals surface area contributed by atoms with Gasteiger partial charge in [0.05, 0.1) is 6.54 Å². The quantitative estimate of drug-likeness (QED) is 0.746. The predicted molar refractivity (Wildman–Crippen MR) is 53.4 cm³/mol. The van der Waals surface area contributed by atoms with Gasteiger partial charge in [0.25, 0.3) is 5.92 Å². The number of alkyl halides is 2. The Labute approximate surface area is 91.1 Å². The van der Waals surface area contributed by atoms with Crippen LogP contribution in [0.5, 0.6) is 0 Å². The van der Waals surface area contributed by atoms with E-state index < -0.39 is 5.92 Å². The highest BCUT2D eigenvalue weighted by Gasteiger charge is 2.36. The van der Waals surface area contributed by atoms with Crippen LogP contribution in [-0.2, 0) is 0 Å². The van der Waals surface area contributed by atoms with E-state index in [1.807, 2.05) is 0 Å². The average Bonchev–Trinajstić information content (AvgIpc) is 2.17. The van der Waals surface area contributed by atoms with E-state index in [1.165, 1.54) is 17.3 Å². The second-order valence-corrected chi connectivity index (χ2v) is 3.91. The minimum atomic E-state index is -2.65. The predicted octanol–water partition coefficient (Wildman–Crippen LogP) is 2.37. The van der Waals surface area contributed by atoms with Gasteiger partial charge >= 0.3 is 0 Å². The molecule has 0 atom stereocenters. The van der Waals surface area contributed by atoms with Gasteiger partial charge < -0.3 is 4.90 Å². The van der Waals surface area contributed by atoms with Gasteiger partial charge in [-0.15, -0.1) is 0 Å². The molecule has 1 aliphatic rings. The molecule has 0 amide bonds. The third-order valence-electron chi connectivity index (χ3n) is 2.33. The molecular formula is C9H10ClF2N3. The first-order valence-electron chi connectivity index (χ1n) is 4.68. The summed E-state index contributed by atoms with van der Waals surface area (Å²) < 4.78 is 26.3. The second-order valence-electron chi connectivity index (χ2n) is 3.55. The maximum absolute atomic E-state index is 13.1.